The van der Waals surface area contributed by atoms with Crippen LogP contribution < -0.4 is 5.32 Å². The highest BCUT2D eigenvalue weighted by Gasteiger charge is 2.24. The molecule has 1 aliphatic rings. The molecule has 0 saturated carbocycles. The van der Waals surface area contributed by atoms with E-state index in [0.29, 0.717) is 12.1 Å². The fourth-order valence-electron chi connectivity index (χ4n) is 2.46. The first-order chi connectivity index (χ1) is 8.20. The van der Waals surface area contributed by atoms with Crippen molar-refractivity contribution < 1.29 is 4.79 Å². The molecule has 0 spiro atoms. The van der Waals surface area contributed by atoms with Crippen LogP contribution in [0.4, 0.5) is 0 Å². The Labute approximate surface area is 103 Å². The average Bonchev–Trinajstić information content (AvgIpc) is 2.34. The van der Waals surface area contributed by atoms with E-state index in [0.717, 1.165) is 31.5 Å². The summed E-state index contributed by atoms with van der Waals surface area (Å²) in [7, 11) is 0. The van der Waals surface area contributed by atoms with Crippen molar-refractivity contribution >= 4 is 6.29 Å². The molecule has 92 valence electrons. The first-order valence-electron chi connectivity index (χ1n) is 6.21. The molecular formula is C14H20N2O. The lowest BCUT2D eigenvalue weighted by Crippen LogP contribution is -2.54. The summed E-state index contributed by atoms with van der Waals surface area (Å²) in [5.41, 5.74) is 1.98. The second-order valence-corrected chi connectivity index (χ2v) is 4.89. The third-order valence-corrected chi connectivity index (χ3v) is 3.46. The molecule has 2 rings (SSSR count). The van der Waals surface area contributed by atoms with Crippen LogP contribution >= 0.6 is 0 Å². The van der Waals surface area contributed by atoms with Crippen LogP contribution in [0.1, 0.15) is 29.8 Å². The van der Waals surface area contributed by atoms with Crippen LogP contribution in [0, 0.1) is 0 Å². The number of hydrogen-bond donors (Lipinski definition) is 1. The lowest BCUT2D eigenvalue weighted by molar-refractivity contribution is 0.108. The Morgan fingerprint density at radius 1 is 1.35 bits per heavy atom. The molecule has 0 aliphatic carbocycles. The van der Waals surface area contributed by atoms with Crippen LogP contribution in [0.15, 0.2) is 24.3 Å². The Kier molecular flexibility index (Phi) is 3.92. The van der Waals surface area contributed by atoms with Gasteiger partial charge in [-0.2, -0.15) is 0 Å². The highest BCUT2D eigenvalue weighted by molar-refractivity contribution is 5.74. The van der Waals surface area contributed by atoms with Crippen molar-refractivity contribution in [2.45, 2.75) is 32.5 Å². The minimum Gasteiger partial charge on any atom is -0.314 e. The average molecular weight is 232 g/mol. The van der Waals surface area contributed by atoms with E-state index in [1.807, 2.05) is 18.2 Å². The van der Waals surface area contributed by atoms with Crippen molar-refractivity contribution in [1.82, 2.24) is 10.2 Å². The maximum Gasteiger partial charge on any atom is 0.150 e. The zero-order chi connectivity index (χ0) is 12.3. The molecule has 17 heavy (non-hydrogen) atoms. The molecule has 3 nitrogen and oxygen atoms in total. The van der Waals surface area contributed by atoms with Gasteiger partial charge in [0, 0.05) is 37.3 Å². The number of piperazine rings is 1. The monoisotopic (exact) mass is 232 g/mol. The lowest BCUT2D eigenvalue weighted by Gasteiger charge is -2.39. The van der Waals surface area contributed by atoms with Gasteiger partial charge in [-0.25, -0.2) is 0 Å². The molecule has 1 heterocycles. The molecule has 0 aromatic heterocycles. The lowest BCUT2D eigenvalue weighted by atomic mass is 10.1. The van der Waals surface area contributed by atoms with Gasteiger partial charge < -0.3 is 5.32 Å². The minimum absolute atomic E-state index is 0.540. The van der Waals surface area contributed by atoms with Crippen molar-refractivity contribution in [2.75, 3.05) is 13.1 Å². The highest BCUT2D eigenvalue weighted by atomic mass is 16.1. The number of nitrogens with zero attached hydrogens (tertiary/aromatic N) is 1. The maximum absolute atomic E-state index is 10.8. The molecule has 0 radical (unpaired) electrons. The summed E-state index contributed by atoms with van der Waals surface area (Å²) >= 11 is 0. The number of carbonyl (C=O) groups is 1. The Bertz CT molecular complexity index is 382. The molecule has 1 aliphatic heterocycles. The minimum atomic E-state index is 0.540. The summed E-state index contributed by atoms with van der Waals surface area (Å²) in [5.74, 6) is 0. The Morgan fingerprint density at radius 3 is 2.71 bits per heavy atom. The van der Waals surface area contributed by atoms with Crippen molar-refractivity contribution in [3.63, 3.8) is 0 Å². The van der Waals surface area contributed by atoms with Crippen LogP contribution in [0.2, 0.25) is 0 Å². The van der Waals surface area contributed by atoms with Gasteiger partial charge in [0.25, 0.3) is 0 Å². The SMILES string of the molecule is C[C@@H]1CNC[C@H](C)N1Cc1cccc(C=O)c1. The Hall–Kier alpha value is -1.19. The number of nitrogens with one attached hydrogen (secondary N) is 1. The van der Waals surface area contributed by atoms with E-state index in [9.17, 15) is 4.79 Å². The van der Waals surface area contributed by atoms with Gasteiger partial charge in [0.15, 0.2) is 0 Å². The van der Waals surface area contributed by atoms with Crippen LogP contribution in [-0.2, 0) is 6.54 Å². The topological polar surface area (TPSA) is 32.3 Å². The molecule has 2 atom stereocenters. The van der Waals surface area contributed by atoms with E-state index in [1.54, 1.807) is 0 Å². The zero-order valence-electron chi connectivity index (χ0n) is 10.5. The second kappa shape index (κ2) is 5.43. The number of hydrogen-bond acceptors (Lipinski definition) is 3. The van der Waals surface area contributed by atoms with Crippen LogP contribution in [0.5, 0.6) is 0 Å². The number of rotatable bonds is 3. The number of carbonyl (C=O) groups excluding carboxylic acids is 1. The molecule has 0 unspecified atom stereocenters. The Balaban J connectivity index is 2.10. The fourth-order valence-corrected chi connectivity index (χ4v) is 2.46. The number of aldehydes is 1. The summed E-state index contributed by atoms with van der Waals surface area (Å²) in [6, 6.07) is 8.96. The van der Waals surface area contributed by atoms with Gasteiger partial charge in [0.1, 0.15) is 6.29 Å². The standard InChI is InChI=1S/C14H20N2O/c1-11-7-15-8-12(2)16(11)9-13-4-3-5-14(6-13)10-17/h3-6,10-12,15H,7-9H2,1-2H3/t11-,12+. The summed E-state index contributed by atoms with van der Waals surface area (Å²) in [4.78, 5) is 13.2. The summed E-state index contributed by atoms with van der Waals surface area (Å²) in [6.45, 7) is 7.49. The van der Waals surface area contributed by atoms with E-state index in [1.165, 1.54) is 5.56 Å². The fraction of sp³-hybridized carbons (Fsp3) is 0.500. The molecule has 0 amide bonds. The van der Waals surface area contributed by atoms with E-state index in [-0.39, 0.29) is 0 Å². The highest BCUT2D eigenvalue weighted by Crippen LogP contribution is 2.15. The summed E-state index contributed by atoms with van der Waals surface area (Å²) in [5, 5.41) is 3.42. The molecule has 1 aromatic carbocycles. The van der Waals surface area contributed by atoms with E-state index < -0.39 is 0 Å². The largest absolute Gasteiger partial charge is 0.314 e. The van der Waals surface area contributed by atoms with Crippen LogP contribution in [0.3, 0.4) is 0 Å². The maximum atomic E-state index is 10.8. The summed E-state index contributed by atoms with van der Waals surface area (Å²) in [6.07, 6.45) is 0.911. The second-order valence-electron chi connectivity index (χ2n) is 4.89. The predicted octanol–water partition coefficient (Wildman–Crippen LogP) is 1.68. The molecule has 1 aromatic rings. The first kappa shape index (κ1) is 12.3. The van der Waals surface area contributed by atoms with Gasteiger partial charge in [0.2, 0.25) is 0 Å². The predicted molar refractivity (Wildman–Crippen MR) is 69.2 cm³/mol. The van der Waals surface area contributed by atoms with Gasteiger partial charge in [-0.15, -0.1) is 0 Å². The van der Waals surface area contributed by atoms with Gasteiger partial charge in [-0.3, -0.25) is 9.69 Å². The van der Waals surface area contributed by atoms with Gasteiger partial charge >= 0.3 is 0 Å². The molecular weight excluding hydrogens is 212 g/mol. The third kappa shape index (κ3) is 2.93. The van der Waals surface area contributed by atoms with E-state index in [4.69, 9.17) is 0 Å². The van der Waals surface area contributed by atoms with Crippen LogP contribution in [0.25, 0.3) is 0 Å². The van der Waals surface area contributed by atoms with Crippen molar-refractivity contribution in [1.29, 1.82) is 0 Å². The first-order valence-corrected chi connectivity index (χ1v) is 6.21. The molecule has 1 saturated heterocycles. The van der Waals surface area contributed by atoms with E-state index >= 15 is 0 Å². The molecule has 1 N–H and O–H groups in total. The number of benzene rings is 1. The third-order valence-electron chi connectivity index (χ3n) is 3.46. The molecule has 3 heteroatoms. The normalized spacial score (nSPS) is 25.8. The molecule has 0 bridgehead atoms. The van der Waals surface area contributed by atoms with Crippen LogP contribution in [-0.4, -0.2) is 36.4 Å². The Morgan fingerprint density at radius 2 is 2.06 bits per heavy atom. The van der Waals surface area contributed by atoms with Gasteiger partial charge in [-0.05, 0) is 25.5 Å². The smallest absolute Gasteiger partial charge is 0.150 e. The zero-order valence-corrected chi connectivity index (χ0v) is 10.5. The van der Waals surface area contributed by atoms with Gasteiger partial charge in [0.05, 0.1) is 0 Å². The summed E-state index contributed by atoms with van der Waals surface area (Å²) < 4.78 is 0. The quantitative estimate of drug-likeness (QED) is 0.805. The van der Waals surface area contributed by atoms with Gasteiger partial charge in [-0.1, -0.05) is 18.2 Å². The van der Waals surface area contributed by atoms with Crippen molar-refractivity contribution in [3.8, 4) is 0 Å². The molecule has 1 fully saturated rings. The van der Waals surface area contributed by atoms with Crippen molar-refractivity contribution in [3.05, 3.63) is 35.4 Å². The van der Waals surface area contributed by atoms with E-state index in [2.05, 4.69) is 30.1 Å². The van der Waals surface area contributed by atoms with Crippen molar-refractivity contribution in [2.24, 2.45) is 0 Å².